The van der Waals surface area contributed by atoms with Gasteiger partial charge in [-0.15, -0.1) is 0 Å². The molecule has 184 valence electrons. The van der Waals surface area contributed by atoms with Crippen molar-refractivity contribution >= 4 is 23.4 Å². The van der Waals surface area contributed by atoms with E-state index in [0.717, 1.165) is 25.1 Å². The molecule has 8 nitrogen and oxygen atoms in total. The van der Waals surface area contributed by atoms with E-state index in [4.69, 9.17) is 4.74 Å². The minimum absolute atomic E-state index is 0.307. The number of anilines is 2. The molecule has 8 heteroatoms. The van der Waals surface area contributed by atoms with E-state index < -0.39 is 11.7 Å². The van der Waals surface area contributed by atoms with Gasteiger partial charge in [0.15, 0.2) is 0 Å². The molecular formula is C26H37N5O3. The van der Waals surface area contributed by atoms with Crippen molar-refractivity contribution in [2.75, 3.05) is 36.8 Å². The van der Waals surface area contributed by atoms with Crippen molar-refractivity contribution in [2.45, 2.75) is 58.6 Å². The first-order valence-corrected chi connectivity index (χ1v) is 12.1. The van der Waals surface area contributed by atoms with Crippen LogP contribution in [0.25, 0.3) is 0 Å². The van der Waals surface area contributed by atoms with Crippen molar-refractivity contribution < 1.29 is 14.3 Å². The highest BCUT2D eigenvalue weighted by atomic mass is 16.6. The number of amides is 2. The molecule has 0 atom stereocenters. The van der Waals surface area contributed by atoms with E-state index in [1.807, 2.05) is 6.07 Å². The highest BCUT2D eigenvalue weighted by Crippen LogP contribution is 2.22. The molecule has 2 aromatic rings. The van der Waals surface area contributed by atoms with Gasteiger partial charge in [-0.25, -0.2) is 4.79 Å². The van der Waals surface area contributed by atoms with Crippen molar-refractivity contribution in [3.8, 4) is 0 Å². The first-order valence-electron chi connectivity index (χ1n) is 12.1. The number of para-hydroxylation sites is 2. The Morgan fingerprint density at radius 2 is 1.71 bits per heavy atom. The van der Waals surface area contributed by atoms with Crippen molar-refractivity contribution in [3.05, 3.63) is 53.9 Å². The molecule has 1 aromatic heterocycles. The lowest BCUT2D eigenvalue weighted by atomic mass is 10.2. The van der Waals surface area contributed by atoms with Crippen molar-refractivity contribution in [1.29, 1.82) is 0 Å². The third-order valence-corrected chi connectivity index (χ3v) is 5.47. The SMILES string of the molecule is CC(C)(C)OC(=O)Nc1ccccc1NC(=O)c1ccc(CNCCCCN2CCCC2)cn1. The molecule has 1 fully saturated rings. The van der Waals surface area contributed by atoms with E-state index in [0.29, 0.717) is 17.1 Å². The van der Waals surface area contributed by atoms with Crippen LogP contribution in [-0.4, -0.2) is 53.7 Å². The van der Waals surface area contributed by atoms with Gasteiger partial charge in [-0.3, -0.25) is 15.1 Å². The lowest BCUT2D eigenvalue weighted by molar-refractivity contribution is 0.0635. The van der Waals surface area contributed by atoms with Gasteiger partial charge in [-0.2, -0.15) is 0 Å². The van der Waals surface area contributed by atoms with Crippen LogP contribution in [0.1, 0.15) is 62.5 Å². The largest absolute Gasteiger partial charge is 0.444 e. The molecule has 0 aliphatic carbocycles. The van der Waals surface area contributed by atoms with E-state index >= 15 is 0 Å². The number of nitrogens with zero attached hydrogens (tertiary/aromatic N) is 2. The fourth-order valence-electron chi connectivity index (χ4n) is 3.79. The number of hydrogen-bond acceptors (Lipinski definition) is 6. The summed E-state index contributed by atoms with van der Waals surface area (Å²) in [5.41, 5.74) is 1.65. The molecule has 0 radical (unpaired) electrons. The van der Waals surface area contributed by atoms with E-state index in [2.05, 4.69) is 25.8 Å². The minimum Gasteiger partial charge on any atom is -0.444 e. The van der Waals surface area contributed by atoms with Gasteiger partial charge >= 0.3 is 6.09 Å². The zero-order valence-corrected chi connectivity index (χ0v) is 20.5. The van der Waals surface area contributed by atoms with Gasteiger partial charge in [0.2, 0.25) is 0 Å². The number of aromatic nitrogens is 1. The second-order valence-electron chi connectivity index (χ2n) is 9.61. The van der Waals surface area contributed by atoms with E-state index in [1.165, 1.54) is 38.9 Å². The third kappa shape index (κ3) is 8.76. The van der Waals surface area contributed by atoms with Gasteiger partial charge in [0.25, 0.3) is 5.91 Å². The van der Waals surface area contributed by atoms with Crippen LogP contribution < -0.4 is 16.0 Å². The topological polar surface area (TPSA) is 95.6 Å². The molecule has 1 aliphatic rings. The maximum absolute atomic E-state index is 12.7. The number of ether oxygens (including phenoxy) is 1. The number of unbranched alkanes of at least 4 members (excludes halogenated alkanes) is 1. The lowest BCUT2D eigenvalue weighted by Crippen LogP contribution is -2.27. The normalized spacial score (nSPS) is 14.1. The fraction of sp³-hybridized carbons (Fsp3) is 0.500. The molecule has 1 saturated heterocycles. The van der Waals surface area contributed by atoms with Crippen LogP contribution in [0.5, 0.6) is 0 Å². The monoisotopic (exact) mass is 467 g/mol. The van der Waals surface area contributed by atoms with Gasteiger partial charge in [0.05, 0.1) is 11.4 Å². The Labute approximate surface area is 202 Å². The predicted molar refractivity (Wildman–Crippen MR) is 135 cm³/mol. The van der Waals surface area contributed by atoms with Crippen LogP contribution in [0.2, 0.25) is 0 Å². The number of nitrogens with one attached hydrogen (secondary N) is 3. The molecule has 3 rings (SSSR count). The van der Waals surface area contributed by atoms with Crippen LogP contribution >= 0.6 is 0 Å². The Kier molecular flexibility index (Phi) is 9.42. The number of rotatable bonds is 10. The Morgan fingerprint density at radius 1 is 1.00 bits per heavy atom. The number of pyridine rings is 1. The number of carbonyl (C=O) groups excluding carboxylic acids is 2. The first-order chi connectivity index (χ1) is 16.3. The average molecular weight is 468 g/mol. The summed E-state index contributed by atoms with van der Waals surface area (Å²) >= 11 is 0. The van der Waals surface area contributed by atoms with Gasteiger partial charge < -0.3 is 20.3 Å². The van der Waals surface area contributed by atoms with Crippen LogP contribution in [-0.2, 0) is 11.3 Å². The van der Waals surface area contributed by atoms with Crippen LogP contribution in [0.15, 0.2) is 42.6 Å². The lowest BCUT2D eigenvalue weighted by Gasteiger charge is -2.20. The molecule has 2 amide bonds. The van der Waals surface area contributed by atoms with Gasteiger partial charge in [-0.05, 0) is 96.4 Å². The highest BCUT2D eigenvalue weighted by molar-refractivity contribution is 6.05. The standard InChI is InChI=1S/C26H37N5O3/c1-26(2,3)34-25(33)30-22-11-5-4-10-21(22)29-24(32)23-13-12-20(19-28-23)18-27-14-6-7-15-31-16-8-9-17-31/h4-5,10-13,19,27H,6-9,14-18H2,1-3H3,(H,29,32)(H,30,33). The summed E-state index contributed by atoms with van der Waals surface area (Å²) < 4.78 is 5.29. The summed E-state index contributed by atoms with van der Waals surface area (Å²) in [5.74, 6) is -0.347. The van der Waals surface area contributed by atoms with Crippen LogP contribution in [0.4, 0.5) is 16.2 Å². The Balaban J connectivity index is 1.44. The van der Waals surface area contributed by atoms with E-state index in [-0.39, 0.29) is 5.91 Å². The number of likely N-dealkylation sites (tertiary alicyclic amines) is 1. The fourth-order valence-corrected chi connectivity index (χ4v) is 3.79. The quantitative estimate of drug-likeness (QED) is 0.441. The van der Waals surface area contributed by atoms with E-state index in [1.54, 1.807) is 57.3 Å². The Morgan fingerprint density at radius 3 is 2.35 bits per heavy atom. The van der Waals surface area contributed by atoms with Crippen molar-refractivity contribution in [1.82, 2.24) is 15.2 Å². The molecule has 0 spiro atoms. The zero-order chi connectivity index (χ0) is 24.4. The molecule has 0 saturated carbocycles. The summed E-state index contributed by atoms with van der Waals surface area (Å²) in [6.07, 6.45) is 6.19. The average Bonchev–Trinajstić information content (AvgIpc) is 3.30. The number of hydrogen-bond donors (Lipinski definition) is 3. The molecule has 1 aliphatic heterocycles. The highest BCUT2D eigenvalue weighted by Gasteiger charge is 2.18. The molecule has 1 aromatic carbocycles. The number of carbonyl (C=O) groups is 2. The van der Waals surface area contributed by atoms with E-state index in [9.17, 15) is 9.59 Å². The Bertz CT molecular complexity index is 934. The first kappa shape index (κ1) is 25.6. The van der Waals surface area contributed by atoms with Crippen molar-refractivity contribution in [2.24, 2.45) is 0 Å². The molecule has 0 unspecified atom stereocenters. The summed E-state index contributed by atoms with van der Waals surface area (Å²) in [6.45, 7) is 10.8. The van der Waals surface area contributed by atoms with Gasteiger partial charge in [0.1, 0.15) is 11.3 Å². The van der Waals surface area contributed by atoms with Crippen LogP contribution in [0.3, 0.4) is 0 Å². The summed E-state index contributed by atoms with van der Waals surface area (Å²) in [7, 11) is 0. The van der Waals surface area contributed by atoms with Crippen LogP contribution in [0, 0.1) is 0 Å². The second-order valence-corrected chi connectivity index (χ2v) is 9.61. The maximum Gasteiger partial charge on any atom is 0.412 e. The van der Waals surface area contributed by atoms with Gasteiger partial charge in [0, 0.05) is 12.7 Å². The van der Waals surface area contributed by atoms with Crippen molar-refractivity contribution in [3.63, 3.8) is 0 Å². The smallest absolute Gasteiger partial charge is 0.412 e. The molecule has 3 N–H and O–H groups in total. The summed E-state index contributed by atoms with van der Waals surface area (Å²) in [4.78, 5) is 31.7. The summed E-state index contributed by atoms with van der Waals surface area (Å²) in [5, 5.41) is 8.94. The summed E-state index contributed by atoms with van der Waals surface area (Å²) in [6, 6.07) is 10.6. The molecule has 34 heavy (non-hydrogen) atoms. The number of benzene rings is 1. The minimum atomic E-state index is -0.615. The maximum atomic E-state index is 12.7. The molecule has 0 bridgehead atoms. The second kappa shape index (κ2) is 12.5. The Hall–Kier alpha value is -2.97. The van der Waals surface area contributed by atoms with Gasteiger partial charge in [-0.1, -0.05) is 18.2 Å². The third-order valence-electron chi connectivity index (χ3n) is 5.47. The molecular weight excluding hydrogens is 430 g/mol. The predicted octanol–water partition coefficient (Wildman–Crippen LogP) is 4.65. The molecule has 2 heterocycles. The zero-order valence-electron chi connectivity index (χ0n) is 20.5.